The standard InChI is InChI=1S/C10H9N2S/c1-2-9-11-12-10(13-9)8-6-4-3-5-7-8/h3-7H,1-2H2. The molecule has 0 fully saturated rings. The molecule has 1 radical (unpaired) electrons. The van der Waals surface area contributed by atoms with Gasteiger partial charge in [0.05, 0.1) is 0 Å². The van der Waals surface area contributed by atoms with Crippen LogP contribution in [-0.4, -0.2) is 10.2 Å². The molecular formula is C10H9N2S. The van der Waals surface area contributed by atoms with Crippen LogP contribution in [0.1, 0.15) is 5.01 Å². The van der Waals surface area contributed by atoms with Crippen molar-refractivity contribution in [3.05, 3.63) is 42.3 Å². The summed E-state index contributed by atoms with van der Waals surface area (Å²) in [6, 6.07) is 10.1. The molecular weight excluding hydrogens is 180 g/mol. The zero-order valence-corrected chi connectivity index (χ0v) is 7.92. The summed E-state index contributed by atoms with van der Waals surface area (Å²) < 4.78 is 0. The first kappa shape index (κ1) is 8.38. The summed E-state index contributed by atoms with van der Waals surface area (Å²) in [5, 5.41) is 10.1. The second kappa shape index (κ2) is 3.66. The summed E-state index contributed by atoms with van der Waals surface area (Å²) in [5.74, 6) is 0. The Morgan fingerprint density at radius 2 is 1.92 bits per heavy atom. The maximum Gasteiger partial charge on any atom is 0.147 e. The number of nitrogens with zero attached hydrogens (tertiary/aromatic N) is 2. The number of aromatic nitrogens is 2. The summed E-state index contributed by atoms with van der Waals surface area (Å²) in [6.45, 7) is 3.77. The van der Waals surface area contributed by atoms with Gasteiger partial charge in [-0.05, 0) is 6.92 Å². The smallest absolute Gasteiger partial charge is 0.143 e. The van der Waals surface area contributed by atoms with E-state index in [-0.39, 0.29) is 0 Å². The van der Waals surface area contributed by atoms with Crippen molar-refractivity contribution in [1.29, 1.82) is 0 Å². The lowest BCUT2D eigenvalue weighted by Crippen LogP contribution is -1.76. The molecule has 1 heterocycles. The molecule has 0 N–H and O–H groups in total. The SMILES string of the molecule is [CH2]Cc1nnc(-c2ccccc2)s1. The van der Waals surface area contributed by atoms with Crippen molar-refractivity contribution >= 4 is 11.3 Å². The van der Waals surface area contributed by atoms with Crippen LogP contribution < -0.4 is 0 Å². The summed E-state index contributed by atoms with van der Waals surface area (Å²) in [4.78, 5) is 0. The summed E-state index contributed by atoms with van der Waals surface area (Å²) in [6.07, 6.45) is 0.713. The molecule has 0 aliphatic carbocycles. The van der Waals surface area contributed by atoms with Gasteiger partial charge in [0, 0.05) is 12.0 Å². The predicted molar refractivity (Wildman–Crippen MR) is 54.4 cm³/mol. The van der Waals surface area contributed by atoms with Gasteiger partial charge >= 0.3 is 0 Å². The van der Waals surface area contributed by atoms with E-state index < -0.39 is 0 Å². The molecule has 0 aliphatic heterocycles. The van der Waals surface area contributed by atoms with Crippen LogP contribution in [0.2, 0.25) is 0 Å². The number of rotatable bonds is 2. The maximum absolute atomic E-state index is 4.09. The molecule has 0 aliphatic rings. The third-order valence-corrected chi connectivity index (χ3v) is 2.73. The first-order valence-corrected chi connectivity index (χ1v) is 4.89. The van der Waals surface area contributed by atoms with E-state index in [1.54, 1.807) is 11.3 Å². The Morgan fingerprint density at radius 1 is 1.15 bits per heavy atom. The van der Waals surface area contributed by atoms with Crippen molar-refractivity contribution < 1.29 is 0 Å². The lowest BCUT2D eigenvalue weighted by molar-refractivity contribution is 1.02. The van der Waals surface area contributed by atoms with E-state index in [2.05, 4.69) is 17.1 Å². The average Bonchev–Trinajstić information content (AvgIpc) is 2.67. The second-order valence-electron chi connectivity index (χ2n) is 2.62. The van der Waals surface area contributed by atoms with Crippen LogP contribution in [-0.2, 0) is 6.42 Å². The molecule has 0 saturated carbocycles. The highest BCUT2D eigenvalue weighted by Crippen LogP contribution is 2.22. The van der Waals surface area contributed by atoms with Crippen LogP contribution in [0.4, 0.5) is 0 Å². The zero-order valence-electron chi connectivity index (χ0n) is 7.10. The van der Waals surface area contributed by atoms with E-state index in [4.69, 9.17) is 0 Å². The third-order valence-electron chi connectivity index (χ3n) is 1.70. The minimum atomic E-state index is 0.713. The normalized spacial score (nSPS) is 10.2. The Bertz CT molecular complexity index is 381. The van der Waals surface area contributed by atoms with E-state index >= 15 is 0 Å². The molecule has 2 nitrogen and oxygen atoms in total. The van der Waals surface area contributed by atoms with Crippen LogP contribution in [0, 0.1) is 6.92 Å². The lowest BCUT2D eigenvalue weighted by atomic mass is 10.2. The highest BCUT2D eigenvalue weighted by atomic mass is 32.1. The summed E-state index contributed by atoms with van der Waals surface area (Å²) in [5.41, 5.74) is 1.12. The summed E-state index contributed by atoms with van der Waals surface area (Å²) >= 11 is 1.60. The Hall–Kier alpha value is -1.22. The van der Waals surface area contributed by atoms with Crippen LogP contribution in [0.5, 0.6) is 0 Å². The average molecular weight is 189 g/mol. The fourth-order valence-corrected chi connectivity index (χ4v) is 1.79. The molecule has 65 valence electrons. The van der Waals surface area contributed by atoms with E-state index in [0.29, 0.717) is 6.42 Å². The monoisotopic (exact) mass is 189 g/mol. The molecule has 0 bridgehead atoms. The number of benzene rings is 1. The van der Waals surface area contributed by atoms with Crippen molar-refractivity contribution in [3.8, 4) is 10.6 Å². The van der Waals surface area contributed by atoms with Gasteiger partial charge in [0.2, 0.25) is 0 Å². The molecule has 0 amide bonds. The largest absolute Gasteiger partial charge is 0.147 e. The Labute approximate surface area is 81.3 Å². The minimum absolute atomic E-state index is 0.713. The maximum atomic E-state index is 4.09. The summed E-state index contributed by atoms with van der Waals surface area (Å²) in [7, 11) is 0. The molecule has 2 aromatic rings. The third kappa shape index (κ3) is 1.75. The van der Waals surface area contributed by atoms with E-state index in [1.807, 2.05) is 30.3 Å². The molecule has 13 heavy (non-hydrogen) atoms. The van der Waals surface area contributed by atoms with Crippen LogP contribution >= 0.6 is 11.3 Å². The molecule has 0 saturated heterocycles. The van der Waals surface area contributed by atoms with Gasteiger partial charge in [0.15, 0.2) is 0 Å². The van der Waals surface area contributed by atoms with Crippen LogP contribution in [0.25, 0.3) is 10.6 Å². The van der Waals surface area contributed by atoms with E-state index in [1.165, 1.54) is 0 Å². The highest BCUT2D eigenvalue weighted by molar-refractivity contribution is 7.14. The molecule has 1 aromatic heterocycles. The van der Waals surface area contributed by atoms with Crippen molar-refractivity contribution in [2.75, 3.05) is 0 Å². The predicted octanol–water partition coefficient (Wildman–Crippen LogP) is 2.58. The molecule has 0 spiro atoms. The van der Waals surface area contributed by atoms with Gasteiger partial charge < -0.3 is 0 Å². The second-order valence-corrected chi connectivity index (χ2v) is 3.68. The molecule has 0 atom stereocenters. The van der Waals surface area contributed by atoms with Gasteiger partial charge in [-0.1, -0.05) is 41.7 Å². The quantitative estimate of drug-likeness (QED) is 0.725. The lowest BCUT2D eigenvalue weighted by Gasteiger charge is -1.91. The van der Waals surface area contributed by atoms with E-state index in [9.17, 15) is 0 Å². The number of hydrogen-bond acceptors (Lipinski definition) is 3. The van der Waals surface area contributed by atoms with Gasteiger partial charge in [-0.25, -0.2) is 0 Å². The molecule has 1 aromatic carbocycles. The fourth-order valence-electron chi connectivity index (χ4n) is 1.05. The first-order valence-electron chi connectivity index (χ1n) is 4.07. The van der Waals surface area contributed by atoms with Crippen LogP contribution in [0.15, 0.2) is 30.3 Å². The fraction of sp³-hybridized carbons (Fsp3) is 0.100. The van der Waals surface area contributed by atoms with E-state index in [0.717, 1.165) is 15.6 Å². The van der Waals surface area contributed by atoms with Crippen molar-refractivity contribution in [1.82, 2.24) is 10.2 Å². The van der Waals surface area contributed by atoms with Gasteiger partial charge in [-0.2, -0.15) is 0 Å². The number of hydrogen-bond donors (Lipinski definition) is 0. The van der Waals surface area contributed by atoms with Crippen LogP contribution in [0.3, 0.4) is 0 Å². The molecule has 0 unspecified atom stereocenters. The molecule has 3 heteroatoms. The minimum Gasteiger partial charge on any atom is -0.143 e. The highest BCUT2D eigenvalue weighted by Gasteiger charge is 2.03. The first-order chi connectivity index (χ1) is 6.40. The molecule has 2 rings (SSSR count). The Morgan fingerprint density at radius 3 is 2.54 bits per heavy atom. The van der Waals surface area contributed by atoms with Crippen molar-refractivity contribution in [3.63, 3.8) is 0 Å². The van der Waals surface area contributed by atoms with Crippen molar-refractivity contribution in [2.24, 2.45) is 0 Å². The van der Waals surface area contributed by atoms with Gasteiger partial charge in [0.1, 0.15) is 10.0 Å². The zero-order chi connectivity index (χ0) is 9.10. The van der Waals surface area contributed by atoms with Crippen molar-refractivity contribution in [2.45, 2.75) is 6.42 Å². The Balaban J connectivity index is 2.36. The van der Waals surface area contributed by atoms with Gasteiger partial charge in [-0.3, -0.25) is 0 Å². The Kier molecular flexibility index (Phi) is 2.36. The van der Waals surface area contributed by atoms with Gasteiger partial charge in [-0.15, -0.1) is 10.2 Å². The topological polar surface area (TPSA) is 25.8 Å². The van der Waals surface area contributed by atoms with Gasteiger partial charge in [0.25, 0.3) is 0 Å².